The van der Waals surface area contributed by atoms with Gasteiger partial charge >= 0.3 is 0 Å². The van der Waals surface area contributed by atoms with E-state index < -0.39 is 11.6 Å². The van der Waals surface area contributed by atoms with Gasteiger partial charge in [-0.05, 0) is 23.6 Å². The summed E-state index contributed by atoms with van der Waals surface area (Å²) >= 11 is 7.43. The van der Waals surface area contributed by atoms with E-state index in [0.717, 1.165) is 22.3 Å². The number of thiophene rings is 1. The summed E-state index contributed by atoms with van der Waals surface area (Å²) in [7, 11) is 0. The molecule has 0 fully saturated rings. The van der Waals surface area contributed by atoms with Gasteiger partial charge < -0.3 is 5.32 Å². The van der Waals surface area contributed by atoms with Gasteiger partial charge in [-0.2, -0.15) is 0 Å². The quantitative estimate of drug-likeness (QED) is 0.714. The molecule has 0 atom stereocenters. The Morgan fingerprint density at radius 2 is 1.95 bits per heavy atom. The second-order valence-corrected chi connectivity index (χ2v) is 4.98. The highest BCUT2D eigenvalue weighted by Crippen LogP contribution is 2.27. The molecule has 1 aromatic carbocycles. The summed E-state index contributed by atoms with van der Waals surface area (Å²) in [6.07, 6.45) is 0. The Morgan fingerprint density at radius 1 is 1.11 bits per heavy atom. The SMILES string of the molecule is Fc1ccc(Nc2nc(Cl)c3ccsc3n2)cc1F. The van der Waals surface area contributed by atoms with Crippen LogP contribution >= 0.6 is 22.9 Å². The number of hydrogen-bond donors (Lipinski definition) is 1. The van der Waals surface area contributed by atoms with Crippen molar-refractivity contribution in [2.75, 3.05) is 5.32 Å². The molecule has 2 heterocycles. The van der Waals surface area contributed by atoms with Crippen LogP contribution in [-0.2, 0) is 0 Å². The van der Waals surface area contributed by atoms with Crippen LogP contribution in [0.15, 0.2) is 29.6 Å². The first kappa shape index (κ1) is 12.3. The molecule has 0 aliphatic carbocycles. The minimum Gasteiger partial charge on any atom is -0.324 e. The summed E-state index contributed by atoms with van der Waals surface area (Å²) in [6.45, 7) is 0. The van der Waals surface area contributed by atoms with Gasteiger partial charge in [-0.3, -0.25) is 0 Å². The number of halogens is 3. The fourth-order valence-corrected chi connectivity index (χ4v) is 2.63. The lowest BCUT2D eigenvalue weighted by Gasteiger charge is -2.05. The third-order valence-electron chi connectivity index (χ3n) is 2.45. The van der Waals surface area contributed by atoms with Gasteiger partial charge in [0, 0.05) is 17.1 Å². The zero-order valence-electron chi connectivity index (χ0n) is 9.32. The summed E-state index contributed by atoms with van der Waals surface area (Å²) < 4.78 is 25.9. The van der Waals surface area contributed by atoms with Crippen LogP contribution in [0.3, 0.4) is 0 Å². The number of hydrogen-bond acceptors (Lipinski definition) is 4. The first-order valence-corrected chi connectivity index (χ1v) is 6.52. The Hall–Kier alpha value is -1.79. The third kappa shape index (κ3) is 2.36. The van der Waals surface area contributed by atoms with Crippen molar-refractivity contribution in [3.63, 3.8) is 0 Å². The Balaban J connectivity index is 1.98. The zero-order valence-corrected chi connectivity index (χ0v) is 10.9. The molecule has 1 N–H and O–H groups in total. The Morgan fingerprint density at radius 3 is 2.74 bits per heavy atom. The normalized spacial score (nSPS) is 10.9. The molecule has 0 saturated heterocycles. The Bertz CT molecular complexity index is 760. The molecular formula is C12H6ClF2N3S. The molecule has 19 heavy (non-hydrogen) atoms. The largest absolute Gasteiger partial charge is 0.324 e. The molecule has 0 aliphatic heterocycles. The molecule has 2 aromatic heterocycles. The minimum absolute atomic E-state index is 0.242. The Labute approximate surface area is 115 Å². The molecule has 7 heteroatoms. The van der Waals surface area contributed by atoms with Crippen LogP contribution in [0.5, 0.6) is 0 Å². The summed E-state index contributed by atoms with van der Waals surface area (Å²) in [6, 6.07) is 5.28. The number of rotatable bonds is 2. The van der Waals surface area contributed by atoms with E-state index in [2.05, 4.69) is 15.3 Å². The second-order valence-electron chi connectivity index (χ2n) is 3.73. The highest BCUT2D eigenvalue weighted by Gasteiger charge is 2.08. The molecule has 0 spiro atoms. The number of benzene rings is 1. The third-order valence-corrected chi connectivity index (χ3v) is 3.55. The van der Waals surface area contributed by atoms with Crippen LogP contribution in [0, 0.1) is 11.6 Å². The van der Waals surface area contributed by atoms with Crippen molar-refractivity contribution in [1.82, 2.24) is 9.97 Å². The predicted octanol–water partition coefficient (Wildman–Crippen LogP) is 4.37. The van der Waals surface area contributed by atoms with E-state index in [1.54, 1.807) is 0 Å². The fourth-order valence-electron chi connectivity index (χ4n) is 1.58. The molecule has 0 unspecified atom stereocenters. The smallest absolute Gasteiger partial charge is 0.230 e. The lowest BCUT2D eigenvalue weighted by Crippen LogP contribution is -1.98. The van der Waals surface area contributed by atoms with E-state index >= 15 is 0 Å². The van der Waals surface area contributed by atoms with Crippen molar-refractivity contribution in [3.8, 4) is 0 Å². The zero-order chi connectivity index (χ0) is 13.4. The molecule has 3 nitrogen and oxygen atoms in total. The first-order valence-electron chi connectivity index (χ1n) is 5.26. The van der Waals surface area contributed by atoms with Gasteiger partial charge in [0.25, 0.3) is 0 Å². The summed E-state index contributed by atoms with van der Waals surface area (Å²) in [5.74, 6) is -1.60. The first-order chi connectivity index (χ1) is 9.13. The number of fused-ring (bicyclic) bond motifs is 1. The van der Waals surface area contributed by atoms with Crippen LogP contribution in [0.1, 0.15) is 0 Å². The monoisotopic (exact) mass is 297 g/mol. The van der Waals surface area contributed by atoms with Crippen molar-refractivity contribution in [2.24, 2.45) is 0 Å². The second kappa shape index (κ2) is 4.71. The van der Waals surface area contributed by atoms with Crippen LogP contribution in [0.2, 0.25) is 5.15 Å². The molecule has 0 radical (unpaired) electrons. The predicted molar refractivity (Wildman–Crippen MR) is 72.1 cm³/mol. The highest BCUT2D eigenvalue weighted by atomic mass is 35.5. The molecule has 0 amide bonds. The number of aromatic nitrogens is 2. The van der Waals surface area contributed by atoms with E-state index in [9.17, 15) is 8.78 Å². The minimum atomic E-state index is -0.937. The van der Waals surface area contributed by atoms with Crippen LogP contribution in [0.25, 0.3) is 10.2 Å². The van der Waals surface area contributed by atoms with Crippen molar-refractivity contribution in [2.45, 2.75) is 0 Å². The van der Waals surface area contributed by atoms with Crippen molar-refractivity contribution >= 4 is 44.8 Å². The van der Waals surface area contributed by atoms with E-state index in [0.29, 0.717) is 10.8 Å². The molecule has 0 aliphatic rings. The average Bonchev–Trinajstić information content (AvgIpc) is 2.82. The average molecular weight is 298 g/mol. The van der Waals surface area contributed by atoms with Gasteiger partial charge in [-0.25, -0.2) is 18.7 Å². The van der Waals surface area contributed by atoms with Crippen LogP contribution < -0.4 is 5.32 Å². The van der Waals surface area contributed by atoms with Crippen molar-refractivity contribution in [1.29, 1.82) is 0 Å². The molecular weight excluding hydrogens is 292 g/mol. The molecule has 3 aromatic rings. The Kier molecular flexibility index (Phi) is 3.04. The maximum atomic E-state index is 13.1. The van der Waals surface area contributed by atoms with Gasteiger partial charge in [0.15, 0.2) is 11.6 Å². The van der Waals surface area contributed by atoms with Gasteiger partial charge in [0.2, 0.25) is 5.95 Å². The number of anilines is 2. The van der Waals surface area contributed by atoms with Crippen LogP contribution in [0.4, 0.5) is 20.4 Å². The molecule has 0 bridgehead atoms. The number of nitrogens with zero attached hydrogens (tertiary/aromatic N) is 2. The standard InChI is InChI=1S/C12H6ClF2N3S/c13-10-7-3-4-19-11(7)18-12(17-10)16-6-1-2-8(14)9(15)5-6/h1-5H,(H,16,17,18). The van der Waals surface area contributed by atoms with Crippen LogP contribution in [-0.4, -0.2) is 9.97 Å². The van der Waals surface area contributed by atoms with E-state index in [4.69, 9.17) is 11.6 Å². The molecule has 3 rings (SSSR count). The van der Waals surface area contributed by atoms with Gasteiger partial charge in [0.1, 0.15) is 9.98 Å². The van der Waals surface area contributed by atoms with E-state index in [1.807, 2.05) is 11.4 Å². The van der Waals surface area contributed by atoms with Gasteiger partial charge in [-0.15, -0.1) is 11.3 Å². The maximum absolute atomic E-state index is 13.1. The summed E-state index contributed by atoms with van der Waals surface area (Å²) in [5.41, 5.74) is 0.353. The fraction of sp³-hybridized carbons (Fsp3) is 0. The van der Waals surface area contributed by atoms with Gasteiger partial charge in [0.05, 0.1) is 0 Å². The van der Waals surface area contributed by atoms with Crippen molar-refractivity contribution < 1.29 is 8.78 Å². The van der Waals surface area contributed by atoms with E-state index in [-0.39, 0.29) is 5.95 Å². The molecule has 0 saturated carbocycles. The summed E-state index contributed by atoms with van der Waals surface area (Å²) in [4.78, 5) is 9.02. The lowest BCUT2D eigenvalue weighted by molar-refractivity contribution is 0.509. The number of nitrogens with one attached hydrogen (secondary N) is 1. The highest BCUT2D eigenvalue weighted by molar-refractivity contribution is 7.16. The summed E-state index contributed by atoms with van der Waals surface area (Å²) in [5, 5.41) is 5.72. The van der Waals surface area contributed by atoms with Crippen molar-refractivity contribution in [3.05, 3.63) is 46.4 Å². The topological polar surface area (TPSA) is 37.8 Å². The molecule has 96 valence electrons. The lowest BCUT2D eigenvalue weighted by atomic mass is 10.3. The van der Waals surface area contributed by atoms with E-state index in [1.165, 1.54) is 17.4 Å². The maximum Gasteiger partial charge on any atom is 0.230 e. The van der Waals surface area contributed by atoms with Gasteiger partial charge in [-0.1, -0.05) is 11.6 Å².